The number of hydrogen-bond acceptors (Lipinski definition) is 5. The Morgan fingerprint density at radius 2 is 2.03 bits per heavy atom. The molecule has 2 N–H and O–H groups in total. The van der Waals surface area contributed by atoms with Crippen molar-refractivity contribution in [1.29, 1.82) is 0 Å². The van der Waals surface area contributed by atoms with Crippen LogP contribution in [0.25, 0.3) is 33.6 Å². The highest BCUT2D eigenvalue weighted by molar-refractivity contribution is 5.93. The van der Waals surface area contributed by atoms with Crippen LogP contribution >= 0.6 is 0 Å². The van der Waals surface area contributed by atoms with Gasteiger partial charge in [0.05, 0.1) is 23.5 Å². The van der Waals surface area contributed by atoms with Crippen molar-refractivity contribution in [2.24, 2.45) is 5.73 Å². The summed E-state index contributed by atoms with van der Waals surface area (Å²) in [7, 11) is 2.08. The molecule has 0 bridgehead atoms. The maximum absolute atomic E-state index is 5.71. The van der Waals surface area contributed by atoms with Crippen molar-refractivity contribution in [2.75, 3.05) is 20.1 Å². The van der Waals surface area contributed by atoms with Gasteiger partial charge in [0.2, 0.25) is 0 Å². The molecule has 0 aliphatic rings. The van der Waals surface area contributed by atoms with E-state index >= 15 is 0 Å². The summed E-state index contributed by atoms with van der Waals surface area (Å²) in [5, 5.41) is 5.57. The molecule has 0 aliphatic heterocycles. The molecule has 0 fully saturated rings. The van der Waals surface area contributed by atoms with Crippen LogP contribution in [-0.4, -0.2) is 39.8 Å². The number of likely N-dealkylation sites (N-methyl/N-ethyl adjacent to an activating group) is 1. The van der Waals surface area contributed by atoms with E-state index < -0.39 is 0 Å². The molecule has 4 aromatic rings. The number of fused-ring (bicyclic) bond motifs is 1. The Morgan fingerprint density at radius 3 is 2.76 bits per heavy atom. The Morgan fingerprint density at radius 1 is 1.17 bits per heavy atom. The fourth-order valence-corrected chi connectivity index (χ4v) is 3.62. The summed E-state index contributed by atoms with van der Waals surface area (Å²) in [5.41, 5.74) is 10.8. The first-order valence-electron chi connectivity index (χ1n) is 9.97. The number of pyridine rings is 1. The van der Waals surface area contributed by atoms with Crippen LogP contribution in [0, 0.1) is 0 Å². The fourth-order valence-electron chi connectivity index (χ4n) is 3.62. The van der Waals surface area contributed by atoms with E-state index in [1.165, 1.54) is 5.56 Å². The maximum Gasteiger partial charge on any atom is 0.159 e. The molecule has 1 aromatic carbocycles. The normalized spacial score (nSPS) is 11.8. The minimum Gasteiger partial charge on any atom is -0.464 e. The molecule has 4 rings (SSSR count). The van der Waals surface area contributed by atoms with Gasteiger partial charge in [0.1, 0.15) is 5.76 Å². The van der Waals surface area contributed by atoms with Gasteiger partial charge in [-0.3, -0.25) is 0 Å². The molecule has 0 amide bonds. The summed E-state index contributed by atoms with van der Waals surface area (Å²) < 4.78 is 7.67. The molecule has 150 valence electrons. The Kier molecular flexibility index (Phi) is 5.47. The lowest BCUT2D eigenvalue weighted by Crippen LogP contribution is -2.24. The van der Waals surface area contributed by atoms with E-state index in [9.17, 15) is 0 Å². The largest absolute Gasteiger partial charge is 0.464 e. The number of aromatic nitrogens is 3. The zero-order valence-corrected chi connectivity index (χ0v) is 17.2. The highest BCUT2D eigenvalue weighted by Crippen LogP contribution is 2.33. The summed E-state index contributed by atoms with van der Waals surface area (Å²) in [6.45, 7) is 6.59. The average molecular weight is 390 g/mol. The van der Waals surface area contributed by atoms with Gasteiger partial charge >= 0.3 is 0 Å². The molecule has 0 radical (unpaired) electrons. The molecular formula is C23H27N5O. The lowest BCUT2D eigenvalue weighted by Gasteiger charge is -2.16. The number of nitrogens with two attached hydrogens (primary N) is 1. The Bertz CT molecular complexity index is 1100. The van der Waals surface area contributed by atoms with Crippen molar-refractivity contribution in [3.05, 3.63) is 60.5 Å². The van der Waals surface area contributed by atoms with Crippen molar-refractivity contribution >= 4 is 11.0 Å². The smallest absolute Gasteiger partial charge is 0.159 e. The molecule has 0 aliphatic carbocycles. The molecule has 0 unspecified atom stereocenters. The summed E-state index contributed by atoms with van der Waals surface area (Å²) >= 11 is 0. The number of hydrogen-bond donors (Lipinski definition) is 1. The maximum atomic E-state index is 5.71. The van der Waals surface area contributed by atoms with E-state index in [0.717, 1.165) is 46.7 Å². The zero-order valence-electron chi connectivity index (χ0n) is 17.2. The molecule has 6 heteroatoms. The van der Waals surface area contributed by atoms with Gasteiger partial charge in [0.15, 0.2) is 5.65 Å². The molecule has 29 heavy (non-hydrogen) atoms. The Hall–Kier alpha value is -2.96. The van der Waals surface area contributed by atoms with Gasteiger partial charge in [0, 0.05) is 36.8 Å². The van der Waals surface area contributed by atoms with Crippen LogP contribution in [-0.2, 0) is 6.54 Å². The topological polar surface area (TPSA) is 73.1 Å². The van der Waals surface area contributed by atoms with Crippen LogP contribution in [0.2, 0.25) is 0 Å². The molecular weight excluding hydrogens is 362 g/mol. The highest BCUT2D eigenvalue weighted by Gasteiger charge is 2.17. The molecule has 0 saturated carbocycles. The highest BCUT2D eigenvalue weighted by atomic mass is 16.3. The summed E-state index contributed by atoms with van der Waals surface area (Å²) in [5.74, 6) is 0.820. The van der Waals surface area contributed by atoms with Gasteiger partial charge in [-0.1, -0.05) is 18.2 Å². The number of benzene rings is 1. The second kappa shape index (κ2) is 8.19. The van der Waals surface area contributed by atoms with E-state index in [1.807, 2.05) is 23.0 Å². The molecule has 0 atom stereocenters. The van der Waals surface area contributed by atoms with Crippen LogP contribution in [0.1, 0.15) is 25.5 Å². The molecule has 0 spiro atoms. The summed E-state index contributed by atoms with van der Waals surface area (Å²) in [6, 6.07) is 14.7. The first-order chi connectivity index (χ1) is 14.1. The third-order valence-corrected chi connectivity index (χ3v) is 5.03. The molecule has 0 saturated heterocycles. The lowest BCUT2D eigenvalue weighted by atomic mass is 10.0. The van der Waals surface area contributed by atoms with Crippen LogP contribution in [0.4, 0.5) is 0 Å². The fraction of sp³-hybridized carbons (Fsp3) is 0.304. The van der Waals surface area contributed by atoms with E-state index in [1.54, 1.807) is 6.26 Å². The van der Waals surface area contributed by atoms with Gasteiger partial charge in [-0.05, 0) is 50.7 Å². The Balaban J connectivity index is 1.83. The number of rotatable bonds is 7. The van der Waals surface area contributed by atoms with Crippen molar-refractivity contribution < 1.29 is 4.42 Å². The summed E-state index contributed by atoms with van der Waals surface area (Å²) in [4.78, 5) is 7.20. The van der Waals surface area contributed by atoms with Crippen LogP contribution in [0.5, 0.6) is 0 Å². The lowest BCUT2D eigenvalue weighted by molar-refractivity contribution is 0.336. The van der Waals surface area contributed by atoms with Crippen LogP contribution in [0.15, 0.2) is 59.3 Å². The standard InChI is InChI=1S/C23H27N5O/c1-16(2)28-23-20(14-25-28)19(22-8-5-11-29-22)13-21(26-23)18-7-4-6-17(12-18)15-27(3)10-9-24/h4-8,11-14,16H,9-10,15,24H2,1-3H3. The van der Waals surface area contributed by atoms with Crippen molar-refractivity contribution in [3.63, 3.8) is 0 Å². The van der Waals surface area contributed by atoms with Crippen molar-refractivity contribution in [3.8, 4) is 22.6 Å². The van der Waals surface area contributed by atoms with E-state index in [2.05, 4.69) is 61.2 Å². The van der Waals surface area contributed by atoms with E-state index in [0.29, 0.717) is 6.54 Å². The van der Waals surface area contributed by atoms with Gasteiger partial charge in [0.25, 0.3) is 0 Å². The summed E-state index contributed by atoms with van der Waals surface area (Å²) in [6.07, 6.45) is 3.57. The van der Waals surface area contributed by atoms with Gasteiger partial charge in [-0.25, -0.2) is 9.67 Å². The van der Waals surface area contributed by atoms with Gasteiger partial charge in [-0.15, -0.1) is 0 Å². The second-order valence-corrected chi connectivity index (χ2v) is 7.68. The monoisotopic (exact) mass is 389 g/mol. The average Bonchev–Trinajstić information content (AvgIpc) is 3.37. The molecule has 3 heterocycles. The van der Waals surface area contributed by atoms with Gasteiger partial charge in [-0.2, -0.15) is 5.10 Å². The minimum atomic E-state index is 0.218. The molecule has 6 nitrogen and oxygen atoms in total. The SMILES string of the molecule is CC(C)n1ncc2c(-c3ccco3)cc(-c3cccc(CN(C)CCN)c3)nc21. The quantitative estimate of drug-likeness (QED) is 0.509. The van der Waals surface area contributed by atoms with Crippen LogP contribution < -0.4 is 5.73 Å². The van der Waals surface area contributed by atoms with E-state index in [-0.39, 0.29) is 6.04 Å². The predicted molar refractivity (Wildman–Crippen MR) is 116 cm³/mol. The second-order valence-electron chi connectivity index (χ2n) is 7.68. The minimum absolute atomic E-state index is 0.218. The first kappa shape index (κ1) is 19.4. The number of furan rings is 1. The Labute approximate surface area is 171 Å². The third kappa shape index (κ3) is 3.95. The number of nitrogens with zero attached hydrogens (tertiary/aromatic N) is 4. The van der Waals surface area contributed by atoms with E-state index in [4.69, 9.17) is 15.1 Å². The zero-order chi connectivity index (χ0) is 20.4. The third-order valence-electron chi connectivity index (χ3n) is 5.03. The van der Waals surface area contributed by atoms with Crippen molar-refractivity contribution in [1.82, 2.24) is 19.7 Å². The van der Waals surface area contributed by atoms with Gasteiger partial charge < -0.3 is 15.1 Å². The van der Waals surface area contributed by atoms with Crippen LogP contribution in [0.3, 0.4) is 0 Å². The molecule has 3 aromatic heterocycles. The first-order valence-corrected chi connectivity index (χ1v) is 9.97. The van der Waals surface area contributed by atoms with Crippen molar-refractivity contribution in [2.45, 2.75) is 26.4 Å². The predicted octanol–water partition coefficient (Wildman–Crippen LogP) is 4.33.